The van der Waals surface area contributed by atoms with Gasteiger partial charge in [-0.05, 0) is 12.8 Å². The van der Waals surface area contributed by atoms with Crippen molar-refractivity contribution in [3.63, 3.8) is 0 Å². The first-order chi connectivity index (χ1) is 5.41. The van der Waals surface area contributed by atoms with Gasteiger partial charge in [0.15, 0.2) is 0 Å². The maximum Gasteiger partial charge on any atom is 0.270 e. The summed E-state index contributed by atoms with van der Waals surface area (Å²) in [6, 6.07) is 0. The summed E-state index contributed by atoms with van der Waals surface area (Å²) in [7, 11) is -4.34. The molecular formula is C6H10F2O3S. The van der Waals surface area contributed by atoms with Gasteiger partial charge in [-0.15, -0.1) is 0 Å². The molecule has 1 aliphatic rings. The van der Waals surface area contributed by atoms with E-state index < -0.39 is 34.1 Å². The van der Waals surface area contributed by atoms with Crippen LogP contribution in [0.5, 0.6) is 0 Å². The van der Waals surface area contributed by atoms with Crippen molar-refractivity contribution < 1.29 is 21.8 Å². The van der Waals surface area contributed by atoms with Crippen molar-refractivity contribution >= 4 is 10.1 Å². The van der Waals surface area contributed by atoms with Crippen molar-refractivity contribution in [1.82, 2.24) is 0 Å². The third-order valence-electron chi connectivity index (χ3n) is 2.03. The van der Waals surface area contributed by atoms with E-state index in [1.54, 1.807) is 0 Å². The average molecular weight is 200 g/mol. The Morgan fingerprint density at radius 1 is 1.25 bits per heavy atom. The highest BCUT2D eigenvalue weighted by molar-refractivity contribution is 7.86. The van der Waals surface area contributed by atoms with E-state index in [2.05, 4.69) is 0 Å². The third kappa shape index (κ3) is 2.13. The fourth-order valence-electron chi connectivity index (χ4n) is 1.38. The van der Waals surface area contributed by atoms with Gasteiger partial charge in [0.25, 0.3) is 10.1 Å². The molecule has 0 aromatic carbocycles. The first-order valence-corrected chi connectivity index (χ1v) is 5.16. The summed E-state index contributed by atoms with van der Waals surface area (Å²) in [4.78, 5) is 0. The lowest BCUT2D eigenvalue weighted by Crippen LogP contribution is -2.37. The van der Waals surface area contributed by atoms with Gasteiger partial charge in [-0.3, -0.25) is 4.55 Å². The maximum absolute atomic E-state index is 12.8. The van der Waals surface area contributed by atoms with Gasteiger partial charge in [-0.2, -0.15) is 8.42 Å². The summed E-state index contributed by atoms with van der Waals surface area (Å²) in [6.07, 6.45) is -3.61. The molecule has 72 valence electrons. The molecule has 1 N–H and O–H groups in total. The summed E-state index contributed by atoms with van der Waals surface area (Å²) < 4.78 is 54.8. The number of alkyl halides is 2. The maximum atomic E-state index is 12.8. The van der Waals surface area contributed by atoms with Crippen LogP contribution in [-0.2, 0) is 10.1 Å². The SMILES string of the molecule is O=S(=O)(O)C1CCC(F)CC1F. The summed E-state index contributed by atoms with van der Waals surface area (Å²) in [5.74, 6) is 0. The fourth-order valence-corrected chi connectivity index (χ4v) is 2.29. The molecule has 1 fully saturated rings. The molecule has 1 aliphatic carbocycles. The number of hydrogen-bond donors (Lipinski definition) is 1. The van der Waals surface area contributed by atoms with Crippen LogP contribution in [0.15, 0.2) is 0 Å². The molecule has 0 amide bonds. The fraction of sp³-hybridized carbons (Fsp3) is 1.00. The molecule has 0 aliphatic heterocycles. The molecule has 1 rings (SSSR count). The Morgan fingerprint density at radius 3 is 2.25 bits per heavy atom. The van der Waals surface area contributed by atoms with Crippen LogP contribution in [-0.4, -0.2) is 30.6 Å². The molecule has 0 bridgehead atoms. The molecule has 0 radical (unpaired) electrons. The molecule has 0 spiro atoms. The minimum absolute atomic E-state index is 0.00484. The molecule has 3 atom stereocenters. The van der Waals surface area contributed by atoms with Gasteiger partial charge in [-0.1, -0.05) is 0 Å². The highest BCUT2D eigenvalue weighted by Gasteiger charge is 2.38. The van der Waals surface area contributed by atoms with Crippen LogP contribution in [0.3, 0.4) is 0 Å². The zero-order chi connectivity index (χ0) is 9.35. The van der Waals surface area contributed by atoms with E-state index in [0.717, 1.165) is 0 Å². The number of hydrogen-bond acceptors (Lipinski definition) is 2. The van der Waals surface area contributed by atoms with Crippen molar-refractivity contribution in [1.29, 1.82) is 0 Å². The molecule has 0 saturated heterocycles. The van der Waals surface area contributed by atoms with Gasteiger partial charge in [-0.25, -0.2) is 8.78 Å². The Labute approximate surface area is 69.5 Å². The molecule has 0 aromatic rings. The van der Waals surface area contributed by atoms with Crippen LogP contribution >= 0.6 is 0 Å². The Kier molecular flexibility index (Phi) is 2.67. The minimum Gasteiger partial charge on any atom is -0.285 e. The molecule has 0 heterocycles. The van der Waals surface area contributed by atoms with Crippen molar-refractivity contribution in [2.75, 3.05) is 0 Å². The van der Waals surface area contributed by atoms with Crippen LogP contribution in [0.4, 0.5) is 8.78 Å². The van der Waals surface area contributed by atoms with Crippen LogP contribution < -0.4 is 0 Å². The van der Waals surface area contributed by atoms with Gasteiger partial charge in [0, 0.05) is 6.42 Å². The zero-order valence-corrected chi connectivity index (χ0v) is 7.10. The minimum atomic E-state index is -4.34. The molecular weight excluding hydrogens is 190 g/mol. The Bertz CT molecular complexity index is 252. The second-order valence-electron chi connectivity index (χ2n) is 2.98. The zero-order valence-electron chi connectivity index (χ0n) is 6.28. The lowest BCUT2D eigenvalue weighted by molar-refractivity contribution is 0.158. The second kappa shape index (κ2) is 3.26. The normalized spacial score (nSPS) is 38.1. The highest BCUT2D eigenvalue weighted by atomic mass is 32.2. The van der Waals surface area contributed by atoms with E-state index in [-0.39, 0.29) is 12.8 Å². The van der Waals surface area contributed by atoms with E-state index in [1.165, 1.54) is 0 Å². The van der Waals surface area contributed by atoms with Gasteiger partial charge in [0.05, 0.1) is 0 Å². The summed E-state index contributed by atoms with van der Waals surface area (Å²) in [6.45, 7) is 0. The molecule has 0 aromatic heterocycles. The van der Waals surface area contributed by atoms with E-state index in [9.17, 15) is 17.2 Å². The quantitative estimate of drug-likeness (QED) is 0.645. The van der Waals surface area contributed by atoms with Crippen LogP contribution in [0.1, 0.15) is 19.3 Å². The van der Waals surface area contributed by atoms with E-state index in [1.807, 2.05) is 0 Å². The second-order valence-corrected chi connectivity index (χ2v) is 4.62. The lowest BCUT2D eigenvalue weighted by Gasteiger charge is -2.25. The Morgan fingerprint density at radius 2 is 1.83 bits per heavy atom. The van der Waals surface area contributed by atoms with Crippen LogP contribution in [0, 0.1) is 0 Å². The number of rotatable bonds is 1. The van der Waals surface area contributed by atoms with Crippen molar-refractivity contribution in [3.05, 3.63) is 0 Å². The summed E-state index contributed by atoms with van der Waals surface area (Å²) in [5, 5.41) is -1.43. The molecule has 6 heteroatoms. The van der Waals surface area contributed by atoms with Crippen molar-refractivity contribution in [2.45, 2.75) is 36.9 Å². The molecule has 3 unspecified atom stereocenters. The predicted molar refractivity (Wildman–Crippen MR) is 39.0 cm³/mol. The standard InChI is InChI=1S/C6H10F2O3S/c7-4-1-2-6(5(8)3-4)12(9,10)11/h4-6H,1-3H2,(H,9,10,11). The highest BCUT2D eigenvalue weighted by Crippen LogP contribution is 2.28. The molecule has 3 nitrogen and oxygen atoms in total. The van der Waals surface area contributed by atoms with Gasteiger partial charge in [0.2, 0.25) is 0 Å². The van der Waals surface area contributed by atoms with Crippen molar-refractivity contribution in [3.8, 4) is 0 Å². The van der Waals surface area contributed by atoms with Gasteiger partial charge in [0.1, 0.15) is 17.6 Å². The monoisotopic (exact) mass is 200 g/mol. The third-order valence-corrected chi connectivity index (χ3v) is 3.33. The van der Waals surface area contributed by atoms with Gasteiger partial charge < -0.3 is 0 Å². The first kappa shape index (κ1) is 9.85. The summed E-state index contributed by atoms with van der Waals surface area (Å²) in [5.41, 5.74) is 0. The van der Waals surface area contributed by atoms with Crippen LogP contribution in [0.2, 0.25) is 0 Å². The molecule has 1 saturated carbocycles. The Hall–Kier alpha value is -0.230. The van der Waals surface area contributed by atoms with Crippen LogP contribution in [0.25, 0.3) is 0 Å². The van der Waals surface area contributed by atoms with E-state index >= 15 is 0 Å². The van der Waals surface area contributed by atoms with E-state index in [4.69, 9.17) is 4.55 Å². The average Bonchev–Trinajstić information content (AvgIpc) is 1.83. The Balaban J connectivity index is 2.69. The van der Waals surface area contributed by atoms with Gasteiger partial charge >= 0.3 is 0 Å². The lowest BCUT2D eigenvalue weighted by atomic mass is 9.97. The van der Waals surface area contributed by atoms with E-state index in [0.29, 0.717) is 0 Å². The topological polar surface area (TPSA) is 54.4 Å². The number of halogens is 2. The predicted octanol–water partition coefficient (Wildman–Crippen LogP) is 1.10. The molecule has 12 heavy (non-hydrogen) atoms. The largest absolute Gasteiger partial charge is 0.285 e. The smallest absolute Gasteiger partial charge is 0.270 e. The van der Waals surface area contributed by atoms with Crippen molar-refractivity contribution in [2.24, 2.45) is 0 Å². The summed E-state index contributed by atoms with van der Waals surface area (Å²) >= 11 is 0. The first-order valence-electron chi connectivity index (χ1n) is 3.65.